The van der Waals surface area contributed by atoms with Crippen LogP contribution in [0.1, 0.15) is 53.6 Å². The van der Waals surface area contributed by atoms with E-state index in [1.54, 1.807) is 16.0 Å². The molecule has 2 N–H and O–H groups in total. The number of anilines is 3. The van der Waals surface area contributed by atoms with Crippen molar-refractivity contribution in [2.45, 2.75) is 38.6 Å². The number of carbonyl (C=O) groups is 2. The number of fused-ring (bicyclic) bond motifs is 1. The van der Waals surface area contributed by atoms with E-state index < -0.39 is 5.97 Å². The molecule has 1 aliphatic heterocycles. The maximum absolute atomic E-state index is 14.5. The molecule has 1 heterocycles. The first-order chi connectivity index (χ1) is 20.5. The number of amides is 2. The lowest BCUT2D eigenvalue weighted by Crippen LogP contribution is -2.37. The summed E-state index contributed by atoms with van der Waals surface area (Å²) in [5.41, 5.74) is 13.0. The Morgan fingerprint density at radius 1 is 0.833 bits per heavy atom. The van der Waals surface area contributed by atoms with Crippen LogP contribution in [-0.2, 0) is 11.3 Å². The van der Waals surface area contributed by atoms with Gasteiger partial charge in [-0.1, -0.05) is 79.9 Å². The van der Waals surface area contributed by atoms with Gasteiger partial charge in [0.05, 0.1) is 36.3 Å². The molecule has 212 valence electrons. The summed E-state index contributed by atoms with van der Waals surface area (Å²) >= 11 is 0. The number of benzene rings is 4. The van der Waals surface area contributed by atoms with E-state index >= 15 is 0 Å². The average Bonchev–Trinajstić information content (AvgIpc) is 3.16. The fourth-order valence-electron chi connectivity index (χ4n) is 6.07. The van der Waals surface area contributed by atoms with Crippen molar-refractivity contribution in [2.24, 2.45) is 11.0 Å². The van der Waals surface area contributed by atoms with Gasteiger partial charge in [0.1, 0.15) is 0 Å². The standard InChI is InChI=1S/C35H34N4O3/c1-42-34(40)30-16-8-7-15-29(30)28-14-6-5-13-25(28)23-38-35(41)39(27-21-19-26(36)20-22-27)32-18-10-9-17-31(32)33(37-38)24-11-3-2-4-12-24/h5-10,13-22,24H,2-4,11-12,23,36H2,1H3. The number of carbonyl (C=O) groups excluding carboxylic acids is 2. The molecule has 2 aliphatic rings. The smallest absolute Gasteiger partial charge is 0.349 e. The highest BCUT2D eigenvalue weighted by Gasteiger charge is 2.34. The molecule has 2 amide bonds. The first kappa shape index (κ1) is 27.3. The summed E-state index contributed by atoms with van der Waals surface area (Å²) in [6.45, 7) is 0.222. The second-order valence-corrected chi connectivity index (χ2v) is 10.8. The molecule has 1 fully saturated rings. The molecular weight excluding hydrogens is 524 g/mol. The van der Waals surface area contributed by atoms with Gasteiger partial charge in [0.2, 0.25) is 0 Å². The Morgan fingerprint density at radius 2 is 1.48 bits per heavy atom. The van der Waals surface area contributed by atoms with E-state index in [1.807, 2.05) is 84.9 Å². The van der Waals surface area contributed by atoms with E-state index in [4.69, 9.17) is 15.6 Å². The van der Waals surface area contributed by atoms with Crippen molar-refractivity contribution >= 4 is 34.8 Å². The molecule has 0 atom stereocenters. The number of nitrogens with two attached hydrogens (primary N) is 1. The minimum atomic E-state index is -0.408. The van der Waals surface area contributed by atoms with Crippen LogP contribution in [0.4, 0.5) is 21.9 Å². The van der Waals surface area contributed by atoms with Gasteiger partial charge in [-0.3, -0.25) is 4.90 Å². The maximum atomic E-state index is 14.5. The molecular formula is C35H34N4O3. The van der Waals surface area contributed by atoms with Gasteiger partial charge in [0.25, 0.3) is 0 Å². The quantitative estimate of drug-likeness (QED) is 0.193. The van der Waals surface area contributed by atoms with Gasteiger partial charge < -0.3 is 10.5 Å². The van der Waals surface area contributed by atoms with Crippen molar-refractivity contribution in [3.8, 4) is 11.1 Å². The highest BCUT2D eigenvalue weighted by molar-refractivity contribution is 6.13. The van der Waals surface area contributed by atoms with E-state index in [2.05, 4.69) is 6.07 Å². The first-order valence-electron chi connectivity index (χ1n) is 14.5. The highest BCUT2D eigenvalue weighted by atomic mass is 16.5. The molecule has 4 aromatic rings. The number of esters is 1. The van der Waals surface area contributed by atoms with E-state index in [0.717, 1.165) is 65.0 Å². The second kappa shape index (κ2) is 11.9. The first-order valence-corrected chi connectivity index (χ1v) is 14.5. The Labute approximate surface area is 246 Å². The van der Waals surface area contributed by atoms with Crippen LogP contribution >= 0.6 is 0 Å². The largest absolute Gasteiger partial charge is 0.465 e. The van der Waals surface area contributed by atoms with Crippen molar-refractivity contribution in [1.82, 2.24) is 5.01 Å². The number of rotatable bonds is 6. The maximum Gasteiger partial charge on any atom is 0.349 e. The zero-order chi connectivity index (χ0) is 29.1. The van der Waals surface area contributed by atoms with Crippen molar-refractivity contribution in [3.05, 3.63) is 114 Å². The number of ether oxygens (including phenoxy) is 1. The molecule has 0 bridgehead atoms. The number of methoxy groups -OCH3 is 1. The topological polar surface area (TPSA) is 88.2 Å². The van der Waals surface area contributed by atoms with Crippen LogP contribution in [0.25, 0.3) is 11.1 Å². The Balaban J connectivity index is 1.49. The van der Waals surface area contributed by atoms with Crippen LogP contribution in [0.2, 0.25) is 0 Å². The zero-order valence-electron chi connectivity index (χ0n) is 23.7. The van der Waals surface area contributed by atoms with E-state index in [-0.39, 0.29) is 18.5 Å². The Kier molecular flexibility index (Phi) is 7.73. The molecule has 0 unspecified atom stereocenters. The third kappa shape index (κ3) is 5.26. The van der Waals surface area contributed by atoms with Crippen molar-refractivity contribution < 1.29 is 14.3 Å². The van der Waals surface area contributed by atoms with Crippen LogP contribution < -0.4 is 10.6 Å². The predicted molar refractivity (Wildman–Crippen MR) is 167 cm³/mol. The fraction of sp³-hybridized carbons (Fsp3) is 0.229. The predicted octanol–water partition coefficient (Wildman–Crippen LogP) is 7.78. The molecule has 1 saturated carbocycles. The van der Waals surface area contributed by atoms with Crippen LogP contribution in [0.15, 0.2) is 102 Å². The molecule has 42 heavy (non-hydrogen) atoms. The second-order valence-electron chi connectivity index (χ2n) is 10.8. The van der Waals surface area contributed by atoms with Gasteiger partial charge >= 0.3 is 12.0 Å². The van der Waals surface area contributed by atoms with Gasteiger partial charge in [-0.25, -0.2) is 14.6 Å². The zero-order valence-corrected chi connectivity index (χ0v) is 23.7. The SMILES string of the molecule is COC(=O)c1ccccc1-c1ccccc1CN1N=C(C2CCCCC2)c2ccccc2N(c2ccc(N)cc2)C1=O. The molecule has 0 spiro atoms. The molecule has 7 nitrogen and oxygen atoms in total. The molecule has 0 aromatic heterocycles. The average molecular weight is 559 g/mol. The third-order valence-electron chi connectivity index (χ3n) is 8.16. The third-order valence-corrected chi connectivity index (χ3v) is 8.16. The lowest BCUT2D eigenvalue weighted by molar-refractivity contribution is 0.0601. The summed E-state index contributed by atoms with van der Waals surface area (Å²) in [6, 6.07) is 30.4. The number of para-hydroxylation sites is 1. The van der Waals surface area contributed by atoms with E-state index in [1.165, 1.54) is 13.5 Å². The normalized spacial score (nSPS) is 15.5. The highest BCUT2D eigenvalue weighted by Crippen LogP contribution is 2.38. The fourth-order valence-corrected chi connectivity index (χ4v) is 6.07. The molecule has 4 aromatic carbocycles. The summed E-state index contributed by atoms with van der Waals surface area (Å²) in [7, 11) is 1.38. The summed E-state index contributed by atoms with van der Waals surface area (Å²) < 4.78 is 5.07. The number of nitrogens with zero attached hydrogens (tertiary/aromatic N) is 3. The summed E-state index contributed by atoms with van der Waals surface area (Å²) in [6.07, 6.45) is 5.60. The van der Waals surface area contributed by atoms with Crippen LogP contribution in [-0.4, -0.2) is 29.8 Å². The monoisotopic (exact) mass is 558 g/mol. The number of hydrogen-bond donors (Lipinski definition) is 1. The van der Waals surface area contributed by atoms with Gasteiger partial charge in [-0.05, 0) is 65.9 Å². The molecule has 6 rings (SSSR count). The van der Waals surface area contributed by atoms with E-state index in [0.29, 0.717) is 11.3 Å². The van der Waals surface area contributed by atoms with Crippen molar-refractivity contribution in [3.63, 3.8) is 0 Å². The number of urea groups is 1. The number of hydrazone groups is 1. The van der Waals surface area contributed by atoms with E-state index in [9.17, 15) is 9.59 Å². The Hall–Kier alpha value is -4.91. The lowest BCUT2D eigenvalue weighted by atomic mass is 9.83. The lowest BCUT2D eigenvalue weighted by Gasteiger charge is -2.27. The Morgan fingerprint density at radius 3 is 2.21 bits per heavy atom. The van der Waals surface area contributed by atoms with Crippen LogP contribution in [0, 0.1) is 5.92 Å². The molecule has 0 radical (unpaired) electrons. The minimum absolute atomic E-state index is 0.222. The summed E-state index contributed by atoms with van der Waals surface area (Å²) in [5.74, 6) is -0.148. The Bertz CT molecular complexity index is 1640. The minimum Gasteiger partial charge on any atom is -0.465 e. The number of nitrogen functional groups attached to an aromatic ring is 1. The van der Waals surface area contributed by atoms with Crippen molar-refractivity contribution in [2.75, 3.05) is 17.7 Å². The van der Waals surface area contributed by atoms with Crippen molar-refractivity contribution in [1.29, 1.82) is 0 Å². The summed E-state index contributed by atoms with van der Waals surface area (Å²) in [5, 5.41) is 6.74. The van der Waals surface area contributed by atoms with Crippen LogP contribution in [0.5, 0.6) is 0 Å². The molecule has 1 aliphatic carbocycles. The van der Waals surface area contributed by atoms with Gasteiger partial charge in [0, 0.05) is 17.2 Å². The summed E-state index contributed by atoms with van der Waals surface area (Å²) in [4.78, 5) is 28.9. The van der Waals surface area contributed by atoms with Gasteiger partial charge in [-0.2, -0.15) is 5.10 Å². The number of hydrogen-bond acceptors (Lipinski definition) is 5. The molecule has 7 heteroatoms. The van der Waals surface area contributed by atoms with Crippen LogP contribution in [0.3, 0.4) is 0 Å². The van der Waals surface area contributed by atoms with Gasteiger partial charge in [0.15, 0.2) is 0 Å². The van der Waals surface area contributed by atoms with Gasteiger partial charge in [-0.15, -0.1) is 0 Å². The molecule has 0 saturated heterocycles.